The van der Waals surface area contributed by atoms with Crippen LogP contribution >= 0.6 is 0 Å². The number of nitrogens with zero attached hydrogens (tertiary/aromatic N) is 1. The summed E-state index contributed by atoms with van der Waals surface area (Å²) < 4.78 is 17.7. The Morgan fingerprint density at radius 3 is 2.57 bits per heavy atom. The molecule has 0 N–H and O–H groups in total. The molecule has 0 saturated heterocycles. The summed E-state index contributed by atoms with van der Waals surface area (Å²) in [6.07, 6.45) is 1.92. The summed E-state index contributed by atoms with van der Waals surface area (Å²) in [6, 6.07) is 5.79. The van der Waals surface area contributed by atoms with Crippen LogP contribution in [0.3, 0.4) is 0 Å². The van der Waals surface area contributed by atoms with Crippen LogP contribution in [-0.2, 0) is 20.7 Å². The van der Waals surface area contributed by atoms with Crippen LogP contribution in [0.25, 0.3) is 0 Å². The Morgan fingerprint density at radius 2 is 2.00 bits per heavy atom. The number of esters is 1. The third-order valence-electron chi connectivity index (χ3n) is 2.86. The number of rotatable bonds is 8. The predicted molar refractivity (Wildman–Crippen MR) is 78.1 cm³/mol. The summed E-state index contributed by atoms with van der Waals surface area (Å²) in [6.45, 7) is 6.31. The minimum atomic E-state index is -0.337. The van der Waals surface area contributed by atoms with Crippen LogP contribution in [0.5, 0.6) is 0 Å². The molecule has 0 atom stereocenters. The monoisotopic (exact) mass is 293 g/mol. The summed E-state index contributed by atoms with van der Waals surface area (Å²) in [4.78, 5) is 25.1. The topological polar surface area (TPSA) is 46.6 Å². The van der Waals surface area contributed by atoms with E-state index in [1.54, 1.807) is 25.1 Å². The zero-order chi connectivity index (χ0) is 15.7. The van der Waals surface area contributed by atoms with Crippen molar-refractivity contribution in [3.05, 3.63) is 48.3 Å². The normalized spacial score (nSPS) is 10.0. The lowest BCUT2D eigenvalue weighted by Gasteiger charge is -2.20. The highest BCUT2D eigenvalue weighted by molar-refractivity contribution is 5.79. The van der Waals surface area contributed by atoms with Gasteiger partial charge < -0.3 is 9.64 Å². The molecule has 1 aromatic rings. The minimum absolute atomic E-state index is 0.134. The molecule has 1 aromatic carbocycles. The van der Waals surface area contributed by atoms with Gasteiger partial charge in [-0.3, -0.25) is 9.59 Å². The zero-order valence-electron chi connectivity index (χ0n) is 12.2. The first-order valence-electron chi connectivity index (χ1n) is 6.85. The van der Waals surface area contributed by atoms with E-state index in [4.69, 9.17) is 4.74 Å². The van der Waals surface area contributed by atoms with E-state index in [0.29, 0.717) is 13.2 Å². The Hall–Kier alpha value is -2.17. The van der Waals surface area contributed by atoms with Crippen molar-refractivity contribution in [1.82, 2.24) is 4.90 Å². The largest absolute Gasteiger partial charge is 0.466 e. The number of halogens is 1. The van der Waals surface area contributed by atoms with Gasteiger partial charge in [0.25, 0.3) is 0 Å². The molecule has 1 rings (SSSR count). The van der Waals surface area contributed by atoms with E-state index in [1.165, 1.54) is 17.0 Å². The summed E-state index contributed by atoms with van der Waals surface area (Å²) in [5.74, 6) is -0.802. The van der Waals surface area contributed by atoms with E-state index in [9.17, 15) is 14.0 Å². The van der Waals surface area contributed by atoms with Crippen molar-refractivity contribution in [1.29, 1.82) is 0 Å². The van der Waals surface area contributed by atoms with E-state index in [-0.39, 0.29) is 37.1 Å². The van der Waals surface area contributed by atoms with Gasteiger partial charge in [-0.15, -0.1) is 6.58 Å². The molecule has 0 aliphatic carbocycles. The van der Waals surface area contributed by atoms with Gasteiger partial charge in [0.1, 0.15) is 5.82 Å². The Bertz CT molecular complexity index is 485. The van der Waals surface area contributed by atoms with Gasteiger partial charge in [-0.05, 0) is 24.6 Å². The fourth-order valence-corrected chi connectivity index (χ4v) is 1.82. The van der Waals surface area contributed by atoms with Gasteiger partial charge in [0.05, 0.1) is 19.4 Å². The number of carbonyl (C=O) groups excluding carboxylic acids is 2. The third-order valence-corrected chi connectivity index (χ3v) is 2.86. The average molecular weight is 293 g/mol. The second kappa shape index (κ2) is 8.89. The van der Waals surface area contributed by atoms with Crippen LogP contribution in [0, 0.1) is 5.82 Å². The zero-order valence-corrected chi connectivity index (χ0v) is 12.2. The molecule has 1 amide bonds. The molecule has 4 nitrogen and oxygen atoms in total. The number of ether oxygens (including phenoxy) is 1. The first kappa shape index (κ1) is 16.9. The second-order valence-electron chi connectivity index (χ2n) is 4.49. The van der Waals surface area contributed by atoms with Gasteiger partial charge >= 0.3 is 5.97 Å². The maximum absolute atomic E-state index is 12.8. The van der Waals surface area contributed by atoms with Gasteiger partial charge in [0, 0.05) is 13.1 Å². The highest BCUT2D eigenvalue weighted by Crippen LogP contribution is 2.06. The number of carbonyl (C=O) groups is 2. The highest BCUT2D eigenvalue weighted by atomic mass is 19.1. The Kier molecular flexibility index (Phi) is 7.15. The summed E-state index contributed by atoms with van der Waals surface area (Å²) >= 11 is 0. The van der Waals surface area contributed by atoms with Crippen LogP contribution in [0.1, 0.15) is 18.9 Å². The molecule has 0 saturated carbocycles. The maximum Gasteiger partial charge on any atom is 0.307 e. The van der Waals surface area contributed by atoms with Crippen molar-refractivity contribution in [2.75, 3.05) is 19.7 Å². The van der Waals surface area contributed by atoms with E-state index in [1.807, 2.05) is 0 Å². The lowest BCUT2D eigenvalue weighted by Crippen LogP contribution is -2.34. The molecule has 0 heterocycles. The summed E-state index contributed by atoms with van der Waals surface area (Å²) in [5, 5.41) is 0. The maximum atomic E-state index is 12.8. The molecule has 5 heteroatoms. The number of hydrogen-bond acceptors (Lipinski definition) is 3. The van der Waals surface area contributed by atoms with E-state index in [2.05, 4.69) is 6.58 Å². The second-order valence-corrected chi connectivity index (χ2v) is 4.49. The van der Waals surface area contributed by atoms with Crippen LogP contribution in [0.4, 0.5) is 4.39 Å². The SMILES string of the molecule is C=CCN(CCC(=O)OCC)C(=O)Cc1ccc(F)cc1. The summed E-state index contributed by atoms with van der Waals surface area (Å²) in [5.41, 5.74) is 0.728. The highest BCUT2D eigenvalue weighted by Gasteiger charge is 2.14. The first-order valence-corrected chi connectivity index (χ1v) is 6.85. The van der Waals surface area contributed by atoms with Gasteiger partial charge in [0.15, 0.2) is 0 Å². The Balaban J connectivity index is 2.57. The summed E-state index contributed by atoms with van der Waals surface area (Å²) in [7, 11) is 0. The van der Waals surface area contributed by atoms with Gasteiger partial charge in [0.2, 0.25) is 5.91 Å². The van der Waals surface area contributed by atoms with Crippen LogP contribution in [0.2, 0.25) is 0 Å². The standard InChI is InChI=1S/C16H20FNO3/c1-3-10-18(11-9-16(20)21-4-2)15(19)12-13-5-7-14(17)8-6-13/h3,5-8H,1,4,9-12H2,2H3. The van der Waals surface area contributed by atoms with Crippen molar-refractivity contribution in [2.45, 2.75) is 19.8 Å². The Labute approximate surface area is 124 Å². The molecule has 0 aliphatic rings. The number of hydrogen-bond donors (Lipinski definition) is 0. The van der Waals surface area contributed by atoms with Crippen molar-refractivity contribution in [2.24, 2.45) is 0 Å². The van der Waals surface area contributed by atoms with E-state index < -0.39 is 0 Å². The van der Waals surface area contributed by atoms with Gasteiger partial charge in [-0.1, -0.05) is 18.2 Å². The molecular formula is C16H20FNO3. The third kappa shape index (κ3) is 6.21. The fourth-order valence-electron chi connectivity index (χ4n) is 1.82. The molecule has 0 fully saturated rings. The molecule has 0 unspecified atom stereocenters. The van der Waals surface area contributed by atoms with Crippen molar-refractivity contribution in [3.63, 3.8) is 0 Å². The molecule has 0 aromatic heterocycles. The van der Waals surface area contributed by atoms with E-state index >= 15 is 0 Å². The quantitative estimate of drug-likeness (QED) is 0.546. The average Bonchev–Trinajstić information content (AvgIpc) is 2.46. The number of benzene rings is 1. The molecular weight excluding hydrogens is 273 g/mol. The molecule has 21 heavy (non-hydrogen) atoms. The molecule has 114 valence electrons. The molecule has 0 aliphatic heterocycles. The minimum Gasteiger partial charge on any atom is -0.466 e. The Morgan fingerprint density at radius 1 is 1.33 bits per heavy atom. The van der Waals surface area contributed by atoms with Crippen molar-refractivity contribution < 1.29 is 18.7 Å². The van der Waals surface area contributed by atoms with Crippen molar-refractivity contribution >= 4 is 11.9 Å². The van der Waals surface area contributed by atoms with E-state index in [0.717, 1.165) is 5.56 Å². The molecule has 0 spiro atoms. The van der Waals surface area contributed by atoms with Gasteiger partial charge in [-0.25, -0.2) is 4.39 Å². The van der Waals surface area contributed by atoms with Crippen LogP contribution in [0.15, 0.2) is 36.9 Å². The van der Waals surface area contributed by atoms with Gasteiger partial charge in [-0.2, -0.15) is 0 Å². The number of amides is 1. The predicted octanol–water partition coefficient (Wildman–Crippen LogP) is 2.34. The molecule has 0 radical (unpaired) electrons. The fraction of sp³-hybridized carbons (Fsp3) is 0.375. The van der Waals surface area contributed by atoms with Crippen molar-refractivity contribution in [3.8, 4) is 0 Å². The molecule has 0 bridgehead atoms. The van der Waals surface area contributed by atoms with Crippen LogP contribution in [-0.4, -0.2) is 36.5 Å². The smallest absolute Gasteiger partial charge is 0.307 e. The first-order chi connectivity index (χ1) is 10.1. The lowest BCUT2D eigenvalue weighted by atomic mass is 10.1. The van der Waals surface area contributed by atoms with Crippen LogP contribution < -0.4 is 0 Å². The lowest BCUT2D eigenvalue weighted by molar-refractivity contribution is -0.144.